The highest BCUT2D eigenvalue weighted by atomic mass is 15.1. The average molecular weight is 151 g/mol. The van der Waals surface area contributed by atoms with Crippen LogP contribution >= 0.6 is 0 Å². The van der Waals surface area contributed by atoms with E-state index in [0.717, 1.165) is 38.8 Å². The third kappa shape index (κ3) is 2.53. The van der Waals surface area contributed by atoms with Crippen molar-refractivity contribution >= 4 is 6.71 Å². The van der Waals surface area contributed by atoms with E-state index in [2.05, 4.69) is 10.9 Å². The molecule has 1 fully saturated rings. The van der Waals surface area contributed by atoms with Gasteiger partial charge in [-0.2, -0.15) is 0 Å². The number of hydrogen-bond acceptors (Lipinski definition) is 3. The molecule has 0 spiro atoms. The Kier molecular flexibility index (Phi) is 3.41. The zero-order valence-corrected chi connectivity index (χ0v) is 6.79. The van der Waals surface area contributed by atoms with Crippen molar-refractivity contribution in [2.75, 3.05) is 26.2 Å². The van der Waals surface area contributed by atoms with Gasteiger partial charge in [0.15, 0.2) is 0 Å². The van der Waals surface area contributed by atoms with E-state index in [1.165, 1.54) is 0 Å². The van der Waals surface area contributed by atoms with Crippen molar-refractivity contribution in [1.82, 2.24) is 4.90 Å². The Morgan fingerprint density at radius 2 is 2.09 bits per heavy atom. The first-order valence-corrected chi connectivity index (χ1v) is 4.19. The molecule has 0 aliphatic carbocycles. The van der Waals surface area contributed by atoms with E-state index in [1.54, 1.807) is 0 Å². The molecule has 1 aliphatic heterocycles. The maximum absolute atomic E-state index is 8.61. The molecule has 0 unspecified atom stereocenters. The first kappa shape index (κ1) is 8.57. The molecule has 3 nitrogen and oxygen atoms in total. The normalized spacial score (nSPS) is 19.8. The molecule has 2 N–H and O–H groups in total. The highest BCUT2D eigenvalue weighted by Gasteiger charge is 2.21. The van der Waals surface area contributed by atoms with Gasteiger partial charge in [0.05, 0.1) is 0 Å². The predicted octanol–water partition coefficient (Wildman–Crippen LogP) is -0.182. The van der Waals surface area contributed by atoms with Crippen LogP contribution in [0.1, 0.15) is 0 Å². The van der Waals surface area contributed by atoms with Crippen molar-refractivity contribution in [2.24, 2.45) is 5.73 Å². The monoisotopic (exact) mass is 151 g/mol. The lowest BCUT2D eigenvalue weighted by molar-refractivity contribution is 0.301. The Morgan fingerprint density at radius 3 is 2.55 bits per heavy atom. The van der Waals surface area contributed by atoms with Crippen LogP contribution in [0.15, 0.2) is 0 Å². The molecule has 0 bridgehead atoms. The summed E-state index contributed by atoms with van der Waals surface area (Å²) in [5.41, 5.74) is 5.42. The number of nitriles is 1. The molecule has 11 heavy (non-hydrogen) atoms. The Morgan fingerprint density at radius 1 is 1.45 bits per heavy atom. The third-order valence-electron chi connectivity index (χ3n) is 2.22. The fourth-order valence-electron chi connectivity index (χ4n) is 1.47. The van der Waals surface area contributed by atoms with E-state index in [1.807, 2.05) is 0 Å². The second-order valence-electron chi connectivity index (χ2n) is 3.03. The SMILES string of the molecule is N#CB1CCN(CCN)CC1. The summed E-state index contributed by atoms with van der Waals surface area (Å²) in [5.74, 6) is 2.31. The highest BCUT2D eigenvalue weighted by molar-refractivity contribution is 6.67. The minimum atomic E-state index is 0.295. The summed E-state index contributed by atoms with van der Waals surface area (Å²) in [5, 5.41) is 8.61. The summed E-state index contributed by atoms with van der Waals surface area (Å²) in [6.07, 6.45) is 2.05. The van der Waals surface area contributed by atoms with Gasteiger partial charge in [-0.15, -0.1) is 0 Å². The lowest BCUT2D eigenvalue weighted by atomic mass is 9.45. The van der Waals surface area contributed by atoms with E-state index in [4.69, 9.17) is 11.0 Å². The van der Waals surface area contributed by atoms with Gasteiger partial charge in [0, 0.05) is 19.1 Å². The maximum atomic E-state index is 8.61. The molecule has 0 atom stereocenters. The van der Waals surface area contributed by atoms with Gasteiger partial charge in [-0.05, 0) is 25.7 Å². The van der Waals surface area contributed by atoms with Crippen LogP contribution in [-0.2, 0) is 0 Å². The van der Waals surface area contributed by atoms with E-state index in [0.29, 0.717) is 6.71 Å². The number of rotatable bonds is 2. The molecule has 0 amide bonds. The lowest BCUT2D eigenvalue weighted by Crippen LogP contribution is -2.39. The van der Waals surface area contributed by atoms with Crippen molar-refractivity contribution in [3.63, 3.8) is 0 Å². The molecule has 1 saturated heterocycles. The van der Waals surface area contributed by atoms with E-state index >= 15 is 0 Å². The van der Waals surface area contributed by atoms with Crippen LogP contribution in [-0.4, -0.2) is 37.8 Å². The summed E-state index contributed by atoms with van der Waals surface area (Å²) in [4.78, 5) is 2.33. The number of nitrogens with two attached hydrogens (primary N) is 1. The molecule has 0 aromatic rings. The number of nitrogens with zero attached hydrogens (tertiary/aromatic N) is 2. The zero-order chi connectivity index (χ0) is 8.10. The summed E-state index contributed by atoms with van der Waals surface area (Å²) < 4.78 is 0. The maximum Gasteiger partial charge on any atom is 0.270 e. The highest BCUT2D eigenvalue weighted by Crippen LogP contribution is 2.09. The zero-order valence-electron chi connectivity index (χ0n) is 6.79. The van der Waals surface area contributed by atoms with E-state index in [-0.39, 0.29) is 0 Å². The second kappa shape index (κ2) is 4.37. The minimum absolute atomic E-state index is 0.295. The molecule has 1 rings (SSSR count). The lowest BCUT2D eigenvalue weighted by Gasteiger charge is -2.26. The fourth-order valence-corrected chi connectivity index (χ4v) is 1.47. The molecule has 60 valence electrons. The van der Waals surface area contributed by atoms with Gasteiger partial charge in [-0.25, -0.2) is 5.26 Å². The average Bonchev–Trinajstić information content (AvgIpc) is 2.07. The Hall–Kier alpha value is -0.525. The first-order chi connectivity index (χ1) is 5.36. The first-order valence-electron chi connectivity index (χ1n) is 4.19. The van der Waals surface area contributed by atoms with Crippen LogP contribution in [0.2, 0.25) is 12.6 Å². The van der Waals surface area contributed by atoms with Crippen molar-refractivity contribution in [3.8, 4) is 5.97 Å². The second-order valence-corrected chi connectivity index (χ2v) is 3.03. The van der Waals surface area contributed by atoms with Gasteiger partial charge in [0.2, 0.25) is 0 Å². The smallest absolute Gasteiger partial charge is 0.270 e. The Balaban J connectivity index is 2.20. The molecule has 0 aromatic carbocycles. The number of hydrogen-bond donors (Lipinski definition) is 1. The minimum Gasteiger partial charge on any atom is -0.329 e. The Bertz CT molecular complexity index is 146. The van der Waals surface area contributed by atoms with Gasteiger partial charge in [0.25, 0.3) is 6.71 Å². The molecule has 0 radical (unpaired) electrons. The molecule has 4 heteroatoms. The predicted molar refractivity (Wildman–Crippen MR) is 46.5 cm³/mol. The van der Waals surface area contributed by atoms with Crippen LogP contribution in [0.5, 0.6) is 0 Å². The van der Waals surface area contributed by atoms with Gasteiger partial charge >= 0.3 is 0 Å². The molecule has 1 aliphatic rings. The van der Waals surface area contributed by atoms with Crippen molar-refractivity contribution < 1.29 is 0 Å². The summed E-state index contributed by atoms with van der Waals surface area (Å²) >= 11 is 0. The van der Waals surface area contributed by atoms with Gasteiger partial charge in [-0.1, -0.05) is 0 Å². The van der Waals surface area contributed by atoms with Gasteiger partial charge in [0.1, 0.15) is 0 Å². The fraction of sp³-hybridized carbons (Fsp3) is 0.857. The van der Waals surface area contributed by atoms with Crippen LogP contribution in [0.25, 0.3) is 0 Å². The van der Waals surface area contributed by atoms with Crippen LogP contribution in [0, 0.1) is 11.2 Å². The molecular formula is C7H14BN3. The largest absolute Gasteiger partial charge is 0.329 e. The topological polar surface area (TPSA) is 53.0 Å². The van der Waals surface area contributed by atoms with Crippen LogP contribution in [0.4, 0.5) is 0 Å². The van der Waals surface area contributed by atoms with Crippen LogP contribution < -0.4 is 5.73 Å². The molecule has 0 saturated carbocycles. The Labute approximate surface area is 68.2 Å². The summed E-state index contributed by atoms with van der Waals surface area (Å²) in [6, 6.07) is 0. The van der Waals surface area contributed by atoms with E-state index < -0.39 is 0 Å². The molecule has 0 aromatic heterocycles. The van der Waals surface area contributed by atoms with Gasteiger partial charge in [-0.3, -0.25) is 0 Å². The molecular weight excluding hydrogens is 137 g/mol. The standard InChI is InChI=1S/C7H14BN3/c9-3-6-11-4-1-8(7-10)2-5-11/h1-6,9H2. The van der Waals surface area contributed by atoms with Crippen molar-refractivity contribution in [1.29, 1.82) is 5.26 Å². The van der Waals surface area contributed by atoms with Crippen LogP contribution in [0.3, 0.4) is 0 Å². The summed E-state index contributed by atoms with van der Waals surface area (Å²) in [6.45, 7) is 4.12. The van der Waals surface area contributed by atoms with Crippen molar-refractivity contribution in [3.05, 3.63) is 0 Å². The van der Waals surface area contributed by atoms with Crippen molar-refractivity contribution in [2.45, 2.75) is 12.6 Å². The van der Waals surface area contributed by atoms with E-state index in [9.17, 15) is 0 Å². The summed E-state index contributed by atoms with van der Waals surface area (Å²) in [7, 11) is 0. The quantitative estimate of drug-likeness (QED) is 0.557. The molecule has 1 heterocycles. The van der Waals surface area contributed by atoms with Gasteiger partial charge < -0.3 is 10.6 Å². The third-order valence-corrected chi connectivity index (χ3v) is 2.22.